The highest BCUT2D eigenvalue weighted by atomic mass is 16.3. The monoisotopic (exact) mass is 339 g/mol. The number of anilines is 1. The van der Waals surface area contributed by atoms with Gasteiger partial charge in [-0.3, -0.25) is 4.79 Å². The van der Waals surface area contributed by atoms with Crippen molar-refractivity contribution in [1.29, 1.82) is 5.26 Å². The molecule has 0 aliphatic rings. The molecule has 130 valence electrons. The fraction of sp³-hybridized carbons (Fsp3) is 0.263. The van der Waals surface area contributed by atoms with Gasteiger partial charge in [0.1, 0.15) is 17.4 Å². The first-order valence-corrected chi connectivity index (χ1v) is 8.14. The van der Waals surface area contributed by atoms with Crippen LogP contribution in [0.3, 0.4) is 0 Å². The molecule has 6 heteroatoms. The van der Waals surface area contributed by atoms with Gasteiger partial charge in [0.05, 0.1) is 0 Å². The summed E-state index contributed by atoms with van der Waals surface area (Å²) in [5.74, 6) is -0.379. The Bertz CT molecular complexity index is 809. The average Bonchev–Trinajstić information content (AvgIpc) is 2.62. The molecule has 0 saturated carbocycles. The van der Waals surface area contributed by atoms with Gasteiger partial charge in [-0.25, -0.2) is 0 Å². The van der Waals surface area contributed by atoms with Crippen molar-refractivity contribution < 1.29 is 15.0 Å². The number of aromatic hydroxyl groups is 1. The number of carbonyl (C=O) groups is 1. The molecule has 0 saturated heterocycles. The molecule has 4 N–H and O–H groups in total. The Kier molecular flexibility index (Phi) is 6.81. The van der Waals surface area contributed by atoms with E-state index in [1.165, 1.54) is 6.20 Å². The van der Waals surface area contributed by atoms with Crippen LogP contribution in [0.15, 0.2) is 48.2 Å². The predicted octanol–water partition coefficient (Wildman–Crippen LogP) is 2.64. The van der Waals surface area contributed by atoms with Crippen molar-refractivity contribution in [3.8, 4) is 11.8 Å². The Morgan fingerprint density at radius 3 is 2.64 bits per heavy atom. The fourth-order valence-corrected chi connectivity index (χ4v) is 2.43. The van der Waals surface area contributed by atoms with Gasteiger partial charge >= 0.3 is 0 Å². The number of rotatable bonds is 8. The lowest BCUT2D eigenvalue weighted by Gasteiger charge is -2.09. The Balaban J connectivity index is 2.05. The smallest absolute Gasteiger partial charge is 0.267 e. The van der Waals surface area contributed by atoms with Crippen molar-refractivity contribution in [2.24, 2.45) is 0 Å². The predicted molar refractivity (Wildman–Crippen MR) is 96.9 cm³/mol. The summed E-state index contributed by atoms with van der Waals surface area (Å²) in [6, 6.07) is 12.2. The minimum Gasteiger partial charge on any atom is -0.507 e. The number of aliphatic hydroxyl groups excluding tert-OH is 1. The molecule has 0 spiro atoms. The number of nitriles is 1. The molecule has 0 heterocycles. The van der Waals surface area contributed by atoms with Crippen LogP contribution in [0.4, 0.5) is 5.69 Å². The maximum Gasteiger partial charge on any atom is 0.267 e. The molecule has 2 aromatic carbocycles. The molecule has 1 amide bonds. The first kappa shape index (κ1) is 18.3. The number of carbonyl (C=O) groups excluding carboxylic acids is 1. The number of benzene rings is 2. The molecule has 0 aliphatic heterocycles. The number of nitrogens with one attached hydrogen (secondary N) is 2. The van der Waals surface area contributed by atoms with E-state index in [1.54, 1.807) is 36.4 Å². The molecule has 0 aromatic heterocycles. The van der Waals surface area contributed by atoms with E-state index in [0.717, 1.165) is 19.3 Å². The highest BCUT2D eigenvalue weighted by Crippen LogP contribution is 2.29. The number of aliphatic hydroxyl groups is 1. The molecular formula is C19H21N3O3. The topological polar surface area (TPSA) is 105 Å². The number of hydrogen-bond acceptors (Lipinski definition) is 5. The molecule has 0 atom stereocenters. The summed E-state index contributed by atoms with van der Waals surface area (Å²) < 4.78 is 0. The van der Waals surface area contributed by atoms with Crippen LogP contribution in [-0.2, 0) is 4.79 Å². The second-order valence-corrected chi connectivity index (χ2v) is 5.54. The fourth-order valence-electron chi connectivity index (χ4n) is 2.43. The van der Waals surface area contributed by atoms with Gasteiger partial charge in [-0.15, -0.1) is 0 Å². The normalized spacial score (nSPS) is 11.1. The van der Waals surface area contributed by atoms with Crippen molar-refractivity contribution in [3.05, 3.63) is 48.2 Å². The Morgan fingerprint density at radius 1 is 1.12 bits per heavy atom. The van der Waals surface area contributed by atoms with E-state index in [4.69, 9.17) is 5.11 Å². The van der Waals surface area contributed by atoms with Gasteiger partial charge in [0.2, 0.25) is 0 Å². The molecular weight excluding hydrogens is 318 g/mol. The Morgan fingerprint density at radius 2 is 1.88 bits per heavy atom. The summed E-state index contributed by atoms with van der Waals surface area (Å²) in [5, 5.41) is 34.8. The minimum absolute atomic E-state index is 0.0284. The van der Waals surface area contributed by atoms with Crippen LogP contribution in [0.25, 0.3) is 10.8 Å². The zero-order valence-electron chi connectivity index (χ0n) is 13.8. The molecule has 0 radical (unpaired) electrons. The highest BCUT2D eigenvalue weighted by molar-refractivity contribution is 6.11. The molecule has 2 aromatic rings. The minimum atomic E-state index is -0.513. The molecule has 2 rings (SSSR count). The Labute approximate surface area is 146 Å². The van der Waals surface area contributed by atoms with Crippen molar-refractivity contribution in [2.75, 3.05) is 18.5 Å². The van der Waals surface area contributed by atoms with Crippen LogP contribution >= 0.6 is 0 Å². The van der Waals surface area contributed by atoms with Crippen LogP contribution < -0.4 is 10.6 Å². The second kappa shape index (κ2) is 9.30. The van der Waals surface area contributed by atoms with Crippen molar-refractivity contribution >= 4 is 22.4 Å². The van der Waals surface area contributed by atoms with Gasteiger partial charge in [0, 0.05) is 35.8 Å². The summed E-state index contributed by atoms with van der Waals surface area (Å²) in [6.45, 7) is 0.795. The van der Waals surface area contributed by atoms with Gasteiger partial charge in [-0.1, -0.05) is 24.3 Å². The summed E-state index contributed by atoms with van der Waals surface area (Å²) >= 11 is 0. The molecule has 0 unspecified atom stereocenters. The van der Waals surface area contributed by atoms with Gasteiger partial charge in [0.25, 0.3) is 5.91 Å². The lowest BCUT2D eigenvalue weighted by atomic mass is 10.1. The number of phenols is 1. The van der Waals surface area contributed by atoms with Crippen molar-refractivity contribution in [2.45, 2.75) is 19.3 Å². The third kappa shape index (κ3) is 4.96. The quantitative estimate of drug-likeness (QED) is 0.336. The second-order valence-electron chi connectivity index (χ2n) is 5.54. The summed E-state index contributed by atoms with van der Waals surface area (Å²) in [7, 11) is 0. The van der Waals surface area contributed by atoms with Gasteiger partial charge in [-0.05, 0) is 31.4 Å². The third-order valence-electron chi connectivity index (χ3n) is 3.74. The maximum absolute atomic E-state index is 12.3. The summed E-state index contributed by atoms with van der Waals surface area (Å²) in [4.78, 5) is 12.3. The summed E-state index contributed by atoms with van der Waals surface area (Å²) in [5.41, 5.74) is 0.502. The van der Waals surface area contributed by atoms with Gasteiger partial charge in [0.15, 0.2) is 0 Å². The SMILES string of the molecule is N#C/C(=C/NCCCCCO)C(=O)Nc1cccc2c(O)cccc12. The maximum atomic E-state index is 12.3. The number of unbranched alkanes of at least 4 members (excludes halogenated alkanes) is 2. The van der Waals surface area contributed by atoms with Crippen molar-refractivity contribution in [1.82, 2.24) is 5.32 Å². The number of hydrogen-bond donors (Lipinski definition) is 4. The molecule has 0 aliphatic carbocycles. The van der Waals surface area contributed by atoms with Crippen LogP contribution in [0.1, 0.15) is 19.3 Å². The number of fused-ring (bicyclic) bond motifs is 1. The van der Waals surface area contributed by atoms with Crippen LogP contribution in [0, 0.1) is 11.3 Å². The van der Waals surface area contributed by atoms with Crippen LogP contribution in [0.2, 0.25) is 0 Å². The summed E-state index contributed by atoms with van der Waals surface area (Å²) in [6.07, 6.45) is 3.87. The molecule has 0 fully saturated rings. The van der Waals surface area contributed by atoms with Gasteiger partial charge < -0.3 is 20.8 Å². The Hall–Kier alpha value is -3.04. The van der Waals surface area contributed by atoms with E-state index in [0.29, 0.717) is 23.0 Å². The molecule has 6 nitrogen and oxygen atoms in total. The molecule has 25 heavy (non-hydrogen) atoms. The lowest BCUT2D eigenvalue weighted by molar-refractivity contribution is -0.112. The van der Waals surface area contributed by atoms with E-state index >= 15 is 0 Å². The number of amides is 1. The zero-order valence-corrected chi connectivity index (χ0v) is 13.8. The largest absolute Gasteiger partial charge is 0.507 e. The first-order chi connectivity index (χ1) is 12.2. The zero-order chi connectivity index (χ0) is 18.1. The van der Waals surface area contributed by atoms with E-state index in [2.05, 4.69) is 10.6 Å². The van der Waals surface area contributed by atoms with E-state index in [1.807, 2.05) is 6.07 Å². The average molecular weight is 339 g/mol. The van der Waals surface area contributed by atoms with Crippen LogP contribution in [0.5, 0.6) is 5.75 Å². The number of nitrogens with zero attached hydrogens (tertiary/aromatic N) is 1. The lowest BCUT2D eigenvalue weighted by Crippen LogP contribution is -2.17. The number of phenolic OH excluding ortho intramolecular Hbond substituents is 1. The molecule has 0 bridgehead atoms. The van der Waals surface area contributed by atoms with Crippen LogP contribution in [-0.4, -0.2) is 29.3 Å². The third-order valence-corrected chi connectivity index (χ3v) is 3.74. The van der Waals surface area contributed by atoms with E-state index in [-0.39, 0.29) is 17.9 Å². The van der Waals surface area contributed by atoms with Crippen molar-refractivity contribution in [3.63, 3.8) is 0 Å². The standard InChI is InChI=1S/C19H21N3O3/c20-12-14(13-21-10-2-1-3-11-23)19(25)22-17-8-4-7-16-15(17)6-5-9-18(16)24/h4-9,13,21,23-24H,1-3,10-11H2,(H,22,25)/b14-13-. The highest BCUT2D eigenvalue weighted by Gasteiger charge is 2.11. The van der Waals surface area contributed by atoms with E-state index in [9.17, 15) is 15.2 Å². The van der Waals surface area contributed by atoms with E-state index < -0.39 is 5.91 Å². The van der Waals surface area contributed by atoms with Gasteiger partial charge in [-0.2, -0.15) is 5.26 Å². The first-order valence-electron chi connectivity index (χ1n) is 8.14.